The summed E-state index contributed by atoms with van der Waals surface area (Å²) in [6.45, 7) is 2.91. The van der Waals surface area contributed by atoms with Gasteiger partial charge in [0.15, 0.2) is 0 Å². The Balaban J connectivity index is 1.60. The van der Waals surface area contributed by atoms with Gasteiger partial charge in [0, 0.05) is 45.4 Å². The van der Waals surface area contributed by atoms with Gasteiger partial charge in [-0.3, -0.25) is 9.69 Å². The molecule has 1 aliphatic rings. The van der Waals surface area contributed by atoms with E-state index in [2.05, 4.69) is 25.5 Å². The second-order valence-corrected chi connectivity index (χ2v) is 6.09. The van der Waals surface area contributed by atoms with Crippen LogP contribution in [-0.4, -0.2) is 87.4 Å². The van der Waals surface area contributed by atoms with Crippen molar-refractivity contribution >= 4 is 5.91 Å². The standard InChI is InChI=1S/C16H22N6O3/c1-25-11-15(24)22-7-6-21(9-14(23)10-22)8-12-2-4-13(5-3-12)16-17-19-20-18-16/h2-5,14,23H,6-11H2,1H3,(H,17,18,19,20). The number of ether oxygens (including phenoxy) is 1. The van der Waals surface area contributed by atoms with Crippen LogP contribution in [0.5, 0.6) is 0 Å². The highest BCUT2D eigenvalue weighted by molar-refractivity contribution is 5.77. The first-order chi connectivity index (χ1) is 12.2. The molecule has 3 rings (SSSR count). The van der Waals surface area contributed by atoms with Crippen LogP contribution in [0.2, 0.25) is 0 Å². The molecular formula is C16H22N6O3. The van der Waals surface area contributed by atoms with Crippen molar-refractivity contribution in [1.29, 1.82) is 0 Å². The summed E-state index contributed by atoms with van der Waals surface area (Å²) in [7, 11) is 1.50. The zero-order valence-electron chi connectivity index (χ0n) is 14.1. The third kappa shape index (κ3) is 4.59. The molecule has 0 saturated carbocycles. The van der Waals surface area contributed by atoms with Crippen molar-refractivity contribution in [2.24, 2.45) is 0 Å². The summed E-state index contributed by atoms with van der Waals surface area (Å²) in [6.07, 6.45) is -0.568. The Morgan fingerprint density at radius 3 is 2.80 bits per heavy atom. The van der Waals surface area contributed by atoms with E-state index in [9.17, 15) is 9.90 Å². The number of benzene rings is 1. The molecule has 0 aliphatic carbocycles. The molecule has 2 N–H and O–H groups in total. The third-order valence-electron chi connectivity index (χ3n) is 4.17. The average Bonchev–Trinajstić information content (AvgIpc) is 3.07. The van der Waals surface area contributed by atoms with Crippen LogP contribution < -0.4 is 0 Å². The smallest absolute Gasteiger partial charge is 0.248 e. The molecule has 25 heavy (non-hydrogen) atoms. The Hall–Kier alpha value is -2.36. The van der Waals surface area contributed by atoms with Gasteiger partial charge in [0.2, 0.25) is 11.7 Å². The molecule has 2 heterocycles. The normalized spacial score (nSPS) is 19.0. The van der Waals surface area contributed by atoms with E-state index in [1.54, 1.807) is 4.90 Å². The number of aliphatic hydroxyl groups is 1. The van der Waals surface area contributed by atoms with Crippen molar-refractivity contribution in [3.05, 3.63) is 29.8 Å². The zero-order chi connectivity index (χ0) is 17.6. The molecule has 1 aromatic heterocycles. The molecule has 1 amide bonds. The molecular weight excluding hydrogens is 324 g/mol. The first-order valence-corrected chi connectivity index (χ1v) is 8.15. The number of nitrogens with one attached hydrogen (secondary N) is 1. The van der Waals surface area contributed by atoms with Gasteiger partial charge in [0.25, 0.3) is 0 Å². The Morgan fingerprint density at radius 2 is 2.12 bits per heavy atom. The topological polar surface area (TPSA) is 107 Å². The lowest BCUT2D eigenvalue weighted by molar-refractivity contribution is -0.136. The summed E-state index contributed by atoms with van der Waals surface area (Å²) in [5, 5.41) is 24.1. The number of carbonyl (C=O) groups excluding carboxylic acids is 1. The molecule has 9 nitrogen and oxygen atoms in total. The molecule has 0 spiro atoms. The Bertz CT molecular complexity index is 676. The summed E-state index contributed by atoms with van der Waals surface area (Å²) in [5.74, 6) is 0.469. The number of aliphatic hydroxyl groups excluding tert-OH is 1. The summed E-state index contributed by atoms with van der Waals surface area (Å²) >= 11 is 0. The number of aromatic amines is 1. The Kier molecular flexibility index (Phi) is 5.69. The number of β-amino-alcohol motifs (C(OH)–C–C–N with tert-alkyl or cyclic N) is 1. The van der Waals surface area contributed by atoms with Gasteiger partial charge < -0.3 is 14.7 Å². The van der Waals surface area contributed by atoms with Crippen LogP contribution in [0.25, 0.3) is 11.4 Å². The quantitative estimate of drug-likeness (QED) is 0.753. The van der Waals surface area contributed by atoms with Gasteiger partial charge in [0.1, 0.15) is 6.61 Å². The molecule has 134 valence electrons. The Morgan fingerprint density at radius 1 is 1.32 bits per heavy atom. The second-order valence-electron chi connectivity index (χ2n) is 6.09. The number of aromatic nitrogens is 4. The molecule has 1 saturated heterocycles. The number of H-pyrrole nitrogens is 1. The van der Waals surface area contributed by atoms with Gasteiger partial charge in [0.05, 0.1) is 6.10 Å². The van der Waals surface area contributed by atoms with Crippen molar-refractivity contribution in [3.63, 3.8) is 0 Å². The van der Waals surface area contributed by atoms with Crippen molar-refractivity contribution in [2.75, 3.05) is 39.9 Å². The number of carbonyl (C=O) groups is 1. The van der Waals surface area contributed by atoms with Gasteiger partial charge in [-0.25, -0.2) is 0 Å². The van der Waals surface area contributed by atoms with Crippen molar-refractivity contribution < 1.29 is 14.6 Å². The van der Waals surface area contributed by atoms with Crippen LogP contribution >= 0.6 is 0 Å². The fourth-order valence-electron chi connectivity index (χ4n) is 2.94. The molecule has 1 aromatic carbocycles. The summed E-state index contributed by atoms with van der Waals surface area (Å²) in [5.41, 5.74) is 2.01. The average molecular weight is 346 g/mol. The van der Waals surface area contributed by atoms with Crippen LogP contribution in [0.15, 0.2) is 24.3 Å². The number of hydrogen-bond acceptors (Lipinski definition) is 7. The lowest BCUT2D eigenvalue weighted by Gasteiger charge is -2.21. The van der Waals surface area contributed by atoms with Crippen molar-refractivity contribution in [3.8, 4) is 11.4 Å². The first kappa shape index (κ1) is 17.5. The molecule has 1 unspecified atom stereocenters. The van der Waals surface area contributed by atoms with E-state index in [0.717, 1.165) is 11.1 Å². The first-order valence-electron chi connectivity index (χ1n) is 8.15. The maximum absolute atomic E-state index is 12.0. The van der Waals surface area contributed by atoms with Crippen LogP contribution in [0.3, 0.4) is 0 Å². The lowest BCUT2D eigenvalue weighted by atomic mass is 10.1. The molecule has 0 bridgehead atoms. The molecule has 0 radical (unpaired) electrons. The van der Waals surface area contributed by atoms with Gasteiger partial charge in [-0.05, 0) is 10.8 Å². The van der Waals surface area contributed by atoms with E-state index in [1.165, 1.54) is 7.11 Å². The van der Waals surface area contributed by atoms with Crippen LogP contribution in [-0.2, 0) is 16.1 Å². The van der Waals surface area contributed by atoms with Gasteiger partial charge in [-0.1, -0.05) is 24.3 Å². The minimum Gasteiger partial charge on any atom is -0.390 e. The fraction of sp³-hybridized carbons (Fsp3) is 0.500. The van der Waals surface area contributed by atoms with E-state index in [4.69, 9.17) is 4.74 Å². The summed E-state index contributed by atoms with van der Waals surface area (Å²) < 4.78 is 4.89. The molecule has 1 fully saturated rings. The van der Waals surface area contributed by atoms with Crippen LogP contribution in [0.1, 0.15) is 5.56 Å². The highest BCUT2D eigenvalue weighted by Gasteiger charge is 2.24. The third-order valence-corrected chi connectivity index (χ3v) is 4.17. The number of amides is 1. The maximum atomic E-state index is 12.0. The van der Waals surface area contributed by atoms with E-state index in [1.807, 2.05) is 24.3 Å². The predicted octanol–water partition coefficient (Wildman–Crippen LogP) is -0.482. The highest BCUT2D eigenvalue weighted by Crippen LogP contribution is 2.16. The summed E-state index contributed by atoms with van der Waals surface area (Å²) in [6, 6.07) is 7.92. The summed E-state index contributed by atoms with van der Waals surface area (Å²) in [4.78, 5) is 15.8. The Labute approximate surface area is 145 Å². The molecule has 1 aliphatic heterocycles. The predicted molar refractivity (Wildman–Crippen MR) is 89.4 cm³/mol. The van der Waals surface area contributed by atoms with Crippen molar-refractivity contribution in [2.45, 2.75) is 12.6 Å². The number of methoxy groups -OCH3 is 1. The highest BCUT2D eigenvalue weighted by atomic mass is 16.5. The maximum Gasteiger partial charge on any atom is 0.248 e. The SMILES string of the molecule is COCC(=O)N1CCN(Cc2ccc(-c3nn[nH]n3)cc2)CC(O)C1. The van der Waals surface area contributed by atoms with E-state index in [0.29, 0.717) is 38.5 Å². The second kappa shape index (κ2) is 8.15. The van der Waals surface area contributed by atoms with Crippen LogP contribution in [0, 0.1) is 0 Å². The lowest BCUT2D eigenvalue weighted by Crippen LogP contribution is -2.39. The zero-order valence-corrected chi connectivity index (χ0v) is 14.1. The van der Waals surface area contributed by atoms with Crippen molar-refractivity contribution in [1.82, 2.24) is 30.4 Å². The van der Waals surface area contributed by atoms with Gasteiger partial charge in [-0.2, -0.15) is 5.21 Å². The number of tetrazole rings is 1. The largest absolute Gasteiger partial charge is 0.390 e. The van der Waals surface area contributed by atoms with E-state index < -0.39 is 6.10 Å². The van der Waals surface area contributed by atoms with E-state index in [-0.39, 0.29) is 12.5 Å². The minimum atomic E-state index is -0.568. The number of rotatable bonds is 5. The minimum absolute atomic E-state index is 0.0459. The fourth-order valence-corrected chi connectivity index (χ4v) is 2.94. The molecule has 9 heteroatoms. The number of nitrogens with zero attached hydrogens (tertiary/aromatic N) is 5. The molecule has 2 aromatic rings. The monoisotopic (exact) mass is 346 g/mol. The van der Waals surface area contributed by atoms with Gasteiger partial charge >= 0.3 is 0 Å². The molecule has 1 atom stereocenters. The van der Waals surface area contributed by atoms with Crippen LogP contribution in [0.4, 0.5) is 0 Å². The number of hydrogen-bond donors (Lipinski definition) is 2. The van der Waals surface area contributed by atoms with Gasteiger partial charge in [-0.15, -0.1) is 10.2 Å². The van der Waals surface area contributed by atoms with E-state index >= 15 is 0 Å².